The molecule has 0 saturated carbocycles. The van der Waals surface area contributed by atoms with Gasteiger partial charge in [0.1, 0.15) is 0 Å². The number of halogens is 1. The zero-order valence-corrected chi connectivity index (χ0v) is 8.68. The van der Waals surface area contributed by atoms with E-state index in [9.17, 15) is 0 Å². The summed E-state index contributed by atoms with van der Waals surface area (Å²) in [6.07, 6.45) is 2.69. The van der Waals surface area contributed by atoms with Crippen molar-refractivity contribution in [3.63, 3.8) is 0 Å². The summed E-state index contributed by atoms with van der Waals surface area (Å²) in [7, 11) is 0. The minimum atomic E-state index is 0. The molecule has 0 fully saturated rings. The van der Waals surface area contributed by atoms with E-state index < -0.39 is 0 Å². The Kier molecular flexibility index (Phi) is 5.44. The molecule has 0 spiro atoms. The van der Waals surface area contributed by atoms with Crippen molar-refractivity contribution < 1.29 is 0 Å². The molecule has 0 bridgehead atoms. The highest BCUT2D eigenvalue weighted by Crippen LogP contribution is 2.14. The van der Waals surface area contributed by atoms with E-state index in [0.29, 0.717) is 0 Å². The summed E-state index contributed by atoms with van der Waals surface area (Å²) < 4.78 is 0. The number of hydrogen-bond acceptors (Lipinski definition) is 1. The maximum atomic E-state index is 5.88. The average molecular weight is 198 g/mol. The van der Waals surface area contributed by atoms with E-state index in [0.717, 1.165) is 6.42 Å². The second kappa shape index (κ2) is 5.79. The predicted molar refractivity (Wildman–Crippen MR) is 60.2 cm³/mol. The van der Waals surface area contributed by atoms with Gasteiger partial charge in [0.25, 0.3) is 0 Å². The van der Waals surface area contributed by atoms with E-state index in [1.54, 1.807) is 0 Å². The molecular weight excluding hydrogens is 182 g/mol. The smallest absolute Gasteiger partial charge is 0.0329 e. The van der Waals surface area contributed by atoms with E-state index in [1.165, 1.54) is 11.1 Å². The molecule has 0 heterocycles. The molecule has 0 aliphatic rings. The molecule has 1 aromatic carbocycles. The van der Waals surface area contributed by atoms with Crippen LogP contribution in [0.15, 0.2) is 36.9 Å². The largest absolute Gasteiger partial charge is 0.324 e. The summed E-state index contributed by atoms with van der Waals surface area (Å²) in [5.74, 6) is 0. The average Bonchev–Trinajstić information content (AvgIpc) is 2.06. The fourth-order valence-electron chi connectivity index (χ4n) is 1.13. The van der Waals surface area contributed by atoms with Gasteiger partial charge in [0.15, 0.2) is 0 Å². The van der Waals surface area contributed by atoms with Crippen molar-refractivity contribution >= 4 is 12.4 Å². The Bertz CT molecular complexity index is 253. The van der Waals surface area contributed by atoms with Crippen LogP contribution in [0.4, 0.5) is 0 Å². The first kappa shape index (κ1) is 12.2. The molecule has 0 aliphatic carbocycles. The van der Waals surface area contributed by atoms with E-state index in [-0.39, 0.29) is 18.4 Å². The Balaban J connectivity index is 0.00000144. The molecule has 0 aromatic heterocycles. The zero-order valence-electron chi connectivity index (χ0n) is 7.86. The Morgan fingerprint density at radius 1 is 1.38 bits per heavy atom. The molecule has 1 nitrogen and oxygen atoms in total. The van der Waals surface area contributed by atoms with Gasteiger partial charge in [0.2, 0.25) is 0 Å². The molecule has 0 radical (unpaired) electrons. The summed E-state index contributed by atoms with van der Waals surface area (Å²) in [6.45, 7) is 5.74. The Hall–Kier alpha value is -0.790. The van der Waals surface area contributed by atoms with Gasteiger partial charge in [0, 0.05) is 6.04 Å². The molecule has 72 valence electrons. The van der Waals surface area contributed by atoms with Crippen molar-refractivity contribution in [3.05, 3.63) is 48.0 Å². The molecule has 0 aliphatic heterocycles. The SMILES string of the molecule is C=CC[C@@H](N)c1ccc(C)cc1.Cl. The van der Waals surface area contributed by atoms with Gasteiger partial charge in [-0.25, -0.2) is 0 Å². The van der Waals surface area contributed by atoms with Crippen molar-refractivity contribution in [1.82, 2.24) is 0 Å². The summed E-state index contributed by atoms with van der Waals surface area (Å²) in [5, 5.41) is 0. The number of benzene rings is 1. The van der Waals surface area contributed by atoms with Crippen molar-refractivity contribution in [1.29, 1.82) is 0 Å². The Morgan fingerprint density at radius 2 is 1.92 bits per heavy atom. The number of nitrogens with two attached hydrogens (primary N) is 1. The van der Waals surface area contributed by atoms with Crippen LogP contribution in [-0.4, -0.2) is 0 Å². The molecule has 0 amide bonds. The van der Waals surface area contributed by atoms with Crippen LogP contribution < -0.4 is 5.73 Å². The second-order valence-corrected chi connectivity index (χ2v) is 3.04. The van der Waals surface area contributed by atoms with Gasteiger partial charge < -0.3 is 5.73 Å². The third kappa shape index (κ3) is 3.62. The molecular formula is C11H16ClN. The van der Waals surface area contributed by atoms with Crippen LogP contribution >= 0.6 is 12.4 Å². The van der Waals surface area contributed by atoms with Crippen molar-refractivity contribution in [2.45, 2.75) is 19.4 Å². The summed E-state index contributed by atoms with van der Waals surface area (Å²) in [5.41, 5.74) is 8.33. The topological polar surface area (TPSA) is 26.0 Å². The van der Waals surface area contributed by atoms with E-state index >= 15 is 0 Å². The quantitative estimate of drug-likeness (QED) is 0.741. The van der Waals surface area contributed by atoms with Crippen LogP contribution in [0.5, 0.6) is 0 Å². The highest BCUT2D eigenvalue weighted by molar-refractivity contribution is 5.85. The summed E-state index contributed by atoms with van der Waals surface area (Å²) >= 11 is 0. The van der Waals surface area contributed by atoms with Crippen molar-refractivity contribution in [2.24, 2.45) is 5.73 Å². The number of rotatable bonds is 3. The third-order valence-corrected chi connectivity index (χ3v) is 1.93. The summed E-state index contributed by atoms with van der Waals surface area (Å²) in [6, 6.07) is 8.41. The first-order valence-corrected chi connectivity index (χ1v) is 4.17. The van der Waals surface area contributed by atoms with Gasteiger partial charge in [-0.15, -0.1) is 19.0 Å². The fourth-order valence-corrected chi connectivity index (χ4v) is 1.13. The monoisotopic (exact) mass is 197 g/mol. The van der Waals surface area contributed by atoms with Gasteiger partial charge in [-0.1, -0.05) is 35.9 Å². The minimum absolute atomic E-state index is 0. The van der Waals surface area contributed by atoms with Crippen LogP contribution in [-0.2, 0) is 0 Å². The van der Waals surface area contributed by atoms with Gasteiger partial charge in [0.05, 0.1) is 0 Å². The van der Waals surface area contributed by atoms with Crippen LogP contribution in [0.25, 0.3) is 0 Å². The number of aryl methyl sites for hydroxylation is 1. The molecule has 0 unspecified atom stereocenters. The molecule has 2 heteroatoms. The molecule has 0 saturated heterocycles. The lowest BCUT2D eigenvalue weighted by Gasteiger charge is -2.08. The van der Waals surface area contributed by atoms with Crippen molar-refractivity contribution in [3.8, 4) is 0 Å². The van der Waals surface area contributed by atoms with Crippen LogP contribution in [0, 0.1) is 6.92 Å². The highest BCUT2D eigenvalue weighted by Gasteiger charge is 2.01. The molecule has 1 atom stereocenters. The maximum absolute atomic E-state index is 5.88. The van der Waals surface area contributed by atoms with Crippen LogP contribution in [0.3, 0.4) is 0 Å². The Labute approximate surface area is 86.1 Å². The molecule has 2 N–H and O–H groups in total. The molecule has 13 heavy (non-hydrogen) atoms. The van der Waals surface area contributed by atoms with Gasteiger partial charge >= 0.3 is 0 Å². The van der Waals surface area contributed by atoms with E-state index in [2.05, 4.69) is 37.8 Å². The maximum Gasteiger partial charge on any atom is 0.0329 e. The lowest BCUT2D eigenvalue weighted by Crippen LogP contribution is -2.08. The molecule has 1 aromatic rings. The second-order valence-electron chi connectivity index (χ2n) is 3.04. The van der Waals surface area contributed by atoms with Gasteiger partial charge in [-0.2, -0.15) is 0 Å². The fraction of sp³-hybridized carbons (Fsp3) is 0.273. The van der Waals surface area contributed by atoms with Crippen molar-refractivity contribution in [2.75, 3.05) is 0 Å². The first-order valence-electron chi connectivity index (χ1n) is 4.17. The van der Waals surface area contributed by atoms with Gasteiger partial charge in [-0.3, -0.25) is 0 Å². The van der Waals surface area contributed by atoms with Gasteiger partial charge in [-0.05, 0) is 18.9 Å². The lowest BCUT2D eigenvalue weighted by atomic mass is 10.0. The van der Waals surface area contributed by atoms with Crippen LogP contribution in [0.2, 0.25) is 0 Å². The Morgan fingerprint density at radius 3 is 2.38 bits per heavy atom. The number of hydrogen-bond donors (Lipinski definition) is 1. The summed E-state index contributed by atoms with van der Waals surface area (Å²) in [4.78, 5) is 0. The normalized spacial score (nSPS) is 11.5. The lowest BCUT2D eigenvalue weighted by molar-refractivity contribution is 0.741. The van der Waals surface area contributed by atoms with Crippen LogP contribution in [0.1, 0.15) is 23.6 Å². The highest BCUT2D eigenvalue weighted by atomic mass is 35.5. The molecule has 1 rings (SSSR count). The predicted octanol–water partition coefficient (Wildman–Crippen LogP) is 2.99. The standard InChI is InChI=1S/C11H15N.ClH/c1-3-4-11(12)10-7-5-9(2)6-8-10;/h3,5-8,11H,1,4,12H2,2H3;1H/t11-;/m1./s1. The van der Waals surface area contributed by atoms with E-state index in [1.807, 2.05) is 6.08 Å². The zero-order chi connectivity index (χ0) is 8.97. The first-order chi connectivity index (χ1) is 5.74. The van der Waals surface area contributed by atoms with E-state index in [4.69, 9.17) is 5.73 Å². The third-order valence-electron chi connectivity index (χ3n) is 1.93. The minimum Gasteiger partial charge on any atom is -0.324 e.